The smallest absolute Gasteiger partial charge is 0.337 e. The number of carboxylic acids is 1. The number of nitrogens with zero attached hydrogens (tertiary/aromatic N) is 1. The fraction of sp³-hybridized carbons (Fsp3) is 0.167. The number of aromatic nitrogens is 1. The standard InChI is InChI=1S/C18H17NO2/c1-12-6-7-13(2)15(10-12)11-19-9-8-14-4-3-5-16(17(14)19)18(20)21/h3-10H,11H2,1-2H3,(H,20,21). The monoisotopic (exact) mass is 279 g/mol. The second-order valence-electron chi connectivity index (χ2n) is 5.42. The van der Waals surface area contributed by atoms with Crippen LogP contribution in [0.4, 0.5) is 0 Å². The lowest BCUT2D eigenvalue weighted by Gasteiger charge is -2.11. The largest absolute Gasteiger partial charge is 0.478 e. The number of para-hydroxylation sites is 1. The van der Waals surface area contributed by atoms with E-state index in [1.54, 1.807) is 12.1 Å². The highest BCUT2D eigenvalue weighted by atomic mass is 16.4. The molecule has 0 saturated heterocycles. The molecule has 0 bridgehead atoms. The lowest BCUT2D eigenvalue weighted by atomic mass is 10.1. The van der Waals surface area contributed by atoms with Gasteiger partial charge in [0.15, 0.2) is 0 Å². The molecule has 0 fully saturated rings. The van der Waals surface area contributed by atoms with Crippen molar-refractivity contribution in [2.45, 2.75) is 20.4 Å². The van der Waals surface area contributed by atoms with Crippen LogP contribution in [0.1, 0.15) is 27.0 Å². The molecule has 0 amide bonds. The Hall–Kier alpha value is -2.55. The molecule has 0 radical (unpaired) electrons. The number of aryl methyl sites for hydroxylation is 2. The summed E-state index contributed by atoms with van der Waals surface area (Å²) in [6.45, 7) is 4.83. The van der Waals surface area contributed by atoms with Crippen LogP contribution in [0.25, 0.3) is 10.9 Å². The SMILES string of the molecule is Cc1ccc(C)c(Cn2ccc3cccc(C(=O)O)c32)c1. The molecule has 0 aliphatic heterocycles. The van der Waals surface area contributed by atoms with Gasteiger partial charge in [0.05, 0.1) is 11.1 Å². The summed E-state index contributed by atoms with van der Waals surface area (Å²) in [7, 11) is 0. The first-order chi connectivity index (χ1) is 10.1. The van der Waals surface area contributed by atoms with E-state index in [1.165, 1.54) is 16.7 Å². The third kappa shape index (κ3) is 2.42. The zero-order valence-corrected chi connectivity index (χ0v) is 12.1. The van der Waals surface area contributed by atoms with Gasteiger partial charge in [-0.2, -0.15) is 0 Å². The molecule has 0 aliphatic carbocycles. The van der Waals surface area contributed by atoms with E-state index in [4.69, 9.17) is 0 Å². The molecule has 0 atom stereocenters. The van der Waals surface area contributed by atoms with Gasteiger partial charge in [-0.15, -0.1) is 0 Å². The fourth-order valence-corrected chi connectivity index (χ4v) is 2.72. The average Bonchev–Trinajstić information content (AvgIpc) is 2.86. The summed E-state index contributed by atoms with van der Waals surface area (Å²) >= 11 is 0. The van der Waals surface area contributed by atoms with Crippen molar-refractivity contribution < 1.29 is 9.90 Å². The van der Waals surface area contributed by atoms with Crippen molar-refractivity contribution in [3.05, 3.63) is 70.9 Å². The zero-order chi connectivity index (χ0) is 15.0. The summed E-state index contributed by atoms with van der Waals surface area (Å²) in [5, 5.41) is 10.3. The number of aromatic carboxylic acids is 1. The van der Waals surface area contributed by atoms with Gasteiger partial charge in [0.25, 0.3) is 0 Å². The summed E-state index contributed by atoms with van der Waals surface area (Å²) < 4.78 is 2.01. The maximum absolute atomic E-state index is 11.4. The Morgan fingerprint density at radius 3 is 2.71 bits per heavy atom. The third-order valence-electron chi connectivity index (χ3n) is 3.86. The topological polar surface area (TPSA) is 42.2 Å². The van der Waals surface area contributed by atoms with Crippen molar-refractivity contribution in [2.75, 3.05) is 0 Å². The normalized spacial score (nSPS) is 11.0. The number of hydrogen-bond donors (Lipinski definition) is 1. The van der Waals surface area contributed by atoms with Crippen molar-refractivity contribution in [1.82, 2.24) is 4.57 Å². The third-order valence-corrected chi connectivity index (χ3v) is 3.86. The van der Waals surface area contributed by atoms with Crippen molar-refractivity contribution in [3.63, 3.8) is 0 Å². The molecular weight excluding hydrogens is 262 g/mol. The molecule has 3 aromatic rings. The Labute approximate surface area is 123 Å². The number of fused-ring (bicyclic) bond motifs is 1. The highest BCUT2D eigenvalue weighted by Gasteiger charge is 2.12. The molecule has 0 aliphatic rings. The predicted molar refractivity (Wildman–Crippen MR) is 83.9 cm³/mol. The van der Waals surface area contributed by atoms with Crippen LogP contribution in [-0.2, 0) is 6.54 Å². The molecule has 2 aromatic carbocycles. The number of benzene rings is 2. The average molecular weight is 279 g/mol. The maximum Gasteiger partial charge on any atom is 0.337 e. The molecule has 3 heteroatoms. The first-order valence-electron chi connectivity index (χ1n) is 6.93. The Morgan fingerprint density at radius 1 is 1.14 bits per heavy atom. The van der Waals surface area contributed by atoms with Gasteiger partial charge in [0.1, 0.15) is 0 Å². The lowest BCUT2D eigenvalue weighted by Crippen LogP contribution is -2.05. The molecule has 0 saturated carbocycles. The van der Waals surface area contributed by atoms with E-state index in [2.05, 4.69) is 32.0 Å². The fourth-order valence-electron chi connectivity index (χ4n) is 2.72. The minimum atomic E-state index is -0.887. The number of carbonyl (C=O) groups is 1. The van der Waals surface area contributed by atoms with Gasteiger partial charge in [-0.05, 0) is 37.1 Å². The molecule has 3 rings (SSSR count). The Balaban J connectivity index is 2.13. The second kappa shape index (κ2) is 5.09. The van der Waals surface area contributed by atoms with E-state index >= 15 is 0 Å². The highest BCUT2D eigenvalue weighted by molar-refractivity contribution is 6.02. The van der Waals surface area contributed by atoms with Crippen LogP contribution in [0.2, 0.25) is 0 Å². The molecule has 0 unspecified atom stereocenters. The number of carboxylic acid groups (broad SMARTS) is 1. The van der Waals surface area contributed by atoms with Crippen LogP contribution >= 0.6 is 0 Å². The van der Waals surface area contributed by atoms with Crippen LogP contribution in [0.15, 0.2) is 48.7 Å². The van der Waals surface area contributed by atoms with Crippen molar-refractivity contribution in [1.29, 1.82) is 0 Å². The van der Waals surface area contributed by atoms with Gasteiger partial charge >= 0.3 is 5.97 Å². The van der Waals surface area contributed by atoms with Crippen molar-refractivity contribution in [2.24, 2.45) is 0 Å². The number of hydrogen-bond acceptors (Lipinski definition) is 1. The Bertz CT molecular complexity index is 830. The number of rotatable bonds is 3. The molecule has 21 heavy (non-hydrogen) atoms. The van der Waals surface area contributed by atoms with Crippen molar-refractivity contribution in [3.8, 4) is 0 Å². The van der Waals surface area contributed by atoms with Gasteiger partial charge in [-0.3, -0.25) is 0 Å². The van der Waals surface area contributed by atoms with Gasteiger partial charge in [0.2, 0.25) is 0 Å². The van der Waals surface area contributed by atoms with E-state index in [0.29, 0.717) is 12.1 Å². The van der Waals surface area contributed by atoms with E-state index in [-0.39, 0.29) is 0 Å². The quantitative estimate of drug-likeness (QED) is 0.787. The molecule has 0 spiro atoms. The molecule has 1 heterocycles. The first kappa shape index (κ1) is 13.4. The van der Waals surface area contributed by atoms with E-state index in [9.17, 15) is 9.90 Å². The second-order valence-corrected chi connectivity index (χ2v) is 5.42. The first-order valence-corrected chi connectivity index (χ1v) is 6.93. The van der Waals surface area contributed by atoms with Gasteiger partial charge in [-0.1, -0.05) is 35.9 Å². The highest BCUT2D eigenvalue weighted by Crippen LogP contribution is 2.22. The summed E-state index contributed by atoms with van der Waals surface area (Å²) in [4.78, 5) is 11.4. The van der Waals surface area contributed by atoms with Gasteiger partial charge in [0, 0.05) is 18.1 Å². The molecule has 106 valence electrons. The molecule has 3 nitrogen and oxygen atoms in total. The minimum absolute atomic E-state index is 0.350. The maximum atomic E-state index is 11.4. The molecular formula is C18H17NO2. The molecule has 1 N–H and O–H groups in total. The Kier molecular flexibility index (Phi) is 3.26. The predicted octanol–water partition coefficient (Wildman–Crippen LogP) is 4.00. The summed E-state index contributed by atoms with van der Waals surface area (Å²) in [6, 6.07) is 13.7. The van der Waals surface area contributed by atoms with E-state index in [1.807, 2.05) is 22.9 Å². The van der Waals surface area contributed by atoms with Gasteiger partial charge < -0.3 is 9.67 Å². The summed E-state index contributed by atoms with van der Waals surface area (Å²) in [6.07, 6.45) is 1.96. The summed E-state index contributed by atoms with van der Waals surface area (Å²) in [5.74, 6) is -0.887. The Morgan fingerprint density at radius 2 is 1.95 bits per heavy atom. The van der Waals surface area contributed by atoms with E-state index < -0.39 is 5.97 Å². The van der Waals surface area contributed by atoms with Crippen molar-refractivity contribution >= 4 is 16.9 Å². The minimum Gasteiger partial charge on any atom is -0.478 e. The van der Waals surface area contributed by atoms with Crippen LogP contribution in [0.5, 0.6) is 0 Å². The molecule has 1 aromatic heterocycles. The van der Waals surface area contributed by atoms with Crippen LogP contribution in [0.3, 0.4) is 0 Å². The lowest BCUT2D eigenvalue weighted by molar-refractivity contribution is 0.0698. The van der Waals surface area contributed by atoms with Crippen LogP contribution < -0.4 is 0 Å². The summed E-state index contributed by atoms with van der Waals surface area (Å²) in [5.41, 5.74) is 4.78. The van der Waals surface area contributed by atoms with Gasteiger partial charge in [-0.25, -0.2) is 4.79 Å². The van der Waals surface area contributed by atoms with Crippen LogP contribution in [0, 0.1) is 13.8 Å². The van der Waals surface area contributed by atoms with Crippen LogP contribution in [-0.4, -0.2) is 15.6 Å². The van der Waals surface area contributed by atoms with E-state index in [0.717, 1.165) is 10.9 Å². The zero-order valence-electron chi connectivity index (χ0n) is 12.1.